The van der Waals surface area contributed by atoms with Crippen molar-refractivity contribution in [1.82, 2.24) is 15.5 Å². The van der Waals surface area contributed by atoms with Crippen LogP contribution in [0.25, 0.3) is 0 Å². The number of benzene rings is 1. The molecule has 1 aliphatic rings. The van der Waals surface area contributed by atoms with Crippen molar-refractivity contribution < 1.29 is 9.90 Å². The smallest absolute Gasteiger partial charge is 0.223 e. The summed E-state index contributed by atoms with van der Waals surface area (Å²) in [6.45, 7) is 3.79. The Balaban J connectivity index is 1.47. The van der Waals surface area contributed by atoms with Crippen molar-refractivity contribution in [3.63, 3.8) is 0 Å². The van der Waals surface area contributed by atoms with Crippen LogP contribution in [0.2, 0.25) is 5.15 Å². The van der Waals surface area contributed by atoms with E-state index in [2.05, 4.69) is 20.4 Å². The topological polar surface area (TPSA) is 78.4 Å². The van der Waals surface area contributed by atoms with Gasteiger partial charge in [-0.1, -0.05) is 35.9 Å². The molecule has 1 aromatic carbocycles. The standard InChI is InChI=1S/C19H23ClN4O2/c1-13(25)15-4-2-14(3-5-15)12-21-19(26)16-8-10-24(11-9-16)18-7-6-17(20)22-23-18/h2-7,13,16,25H,8-12H2,1H3,(H,21,26)/t13-/m0/s1. The van der Waals surface area contributed by atoms with Gasteiger partial charge in [0.1, 0.15) is 0 Å². The molecule has 1 amide bonds. The van der Waals surface area contributed by atoms with Crippen LogP contribution in [-0.2, 0) is 11.3 Å². The Labute approximate surface area is 158 Å². The number of carbonyl (C=O) groups excluding carboxylic acids is 1. The number of aromatic nitrogens is 2. The van der Waals surface area contributed by atoms with Gasteiger partial charge in [-0.25, -0.2) is 0 Å². The van der Waals surface area contributed by atoms with Crippen LogP contribution < -0.4 is 10.2 Å². The van der Waals surface area contributed by atoms with Crippen LogP contribution in [0.5, 0.6) is 0 Å². The van der Waals surface area contributed by atoms with Gasteiger partial charge in [0.2, 0.25) is 5.91 Å². The molecule has 7 heteroatoms. The van der Waals surface area contributed by atoms with Gasteiger partial charge < -0.3 is 15.3 Å². The fourth-order valence-electron chi connectivity index (χ4n) is 3.10. The zero-order valence-corrected chi connectivity index (χ0v) is 15.5. The van der Waals surface area contributed by atoms with E-state index in [1.54, 1.807) is 13.0 Å². The summed E-state index contributed by atoms with van der Waals surface area (Å²) in [7, 11) is 0. The number of aliphatic hydroxyl groups is 1. The summed E-state index contributed by atoms with van der Waals surface area (Å²) < 4.78 is 0. The molecule has 26 heavy (non-hydrogen) atoms. The average molecular weight is 375 g/mol. The van der Waals surface area contributed by atoms with Gasteiger partial charge in [0, 0.05) is 25.6 Å². The van der Waals surface area contributed by atoms with Gasteiger partial charge >= 0.3 is 0 Å². The lowest BCUT2D eigenvalue weighted by molar-refractivity contribution is -0.125. The van der Waals surface area contributed by atoms with Crippen molar-refractivity contribution in [1.29, 1.82) is 0 Å². The van der Waals surface area contributed by atoms with Crippen LogP contribution in [0.15, 0.2) is 36.4 Å². The van der Waals surface area contributed by atoms with E-state index in [0.717, 1.165) is 42.9 Å². The van der Waals surface area contributed by atoms with Crippen LogP contribution >= 0.6 is 11.6 Å². The number of amides is 1. The summed E-state index contributed by atoms with van der Waals surface area (Å²) in [6.07, 6.45) is 1.10. The Morgan fingerprint density at radius 2 is 1.92 bits per heavy atom. The lowest BCUT2D eigenvalue weighted by Gasteiger charge is -2.31. The number of rotatable bonds is 5. The molecule has 6 nitrogen and oxygen atoms in total. The quantitative estimate of drug-likeness (QED) is 0.841. The Morgan fingerprint density at radius 3 is 2.50 bits per heavy atom. The lowest BCUT2D eigenvalue weighted by atomic mass is 9.96. The second kappa shape index (κ2) is 8.47. The average Bonchev–Trinajstić information content (AvgIpc) is 2.67. The second-order valence-corrected chi connectivity index (χ2v) is 7.00. The maximum absolute atomic E-state index is 12.4. The molecule has 0 spiro atoms. The zero-order valence-electron chi connectivity index (χ0n) is 14.7. The molecule has 0 radical (unpaired) electrons. The number of hydrogen-bond donors (Lipinski definition) is 2. The normalized spacial score (nSPS) is 16.3. The van der Waals surface area contributed by atoms with Crippen molar-refractivity contribution in [2.24, 2.45) is 5.92 Å². The van der Waals surface area contributed by atoms with Gasteiger partial charge in [-0.3, -0.25) is 4.79 Å². The molecule has 1 fully saturated rings. The van der Waals surface area contributed by atoms with Crippen molar-refractivity contribution in [2.75, 3.05) is 18.0 Å². The number of nitrogens with zero attached hydrogens (tertiary/aromatic N) is 3. The van der Waals surface area contributed by atoms with E-state index in [1.165, 1.54) is 0 Å². The summed E-state index contributed by atoms with van der Waals surface area (Å²) in [5.41, 5.74) is 1.90. The molecule has 0 aliphatic carbocycles. The molecule has 2 aromatic rings. The van der Waals surface area contributed by atoms with Gasteiger partial charge in [0.05, 0.1) is 6.10 Å². The molecule has 1 aliphatic heterocycles. The Morgan fingerprint density at radius 1 is 1.23 bits per heavy atom. The Kier molecular flexibility index (Phi) is 6.06. The first kappa shape index (κ1) is 18.6. The highest BCUT2D eigenvalue weighted by molar-refractivity contribution is 6.29. The first-order valence-corrected chi connectivity index (χ1v) is 9.19. The summed E-state index contributed by atoms with van der Waals surface area (Å²) in [4.78, 5) is 14.5. The van der Waals surface area contributed by atoms with E-state index in [4.69, 9.17) is 11.6 Å². The minimum Gasteiger partial charge on any atom is -0.389 e. The monoisotopic (exact) mass is 374 g/mol. The van der Waals surface area contributed by atoms with E-state index in [-0.39, 0.29) is 11.8 Å². The van der Waals surface area contributed by atoms with E-state index in [1.807, 2.05) is 30.3 Å². The largest absolute Gasteiger partial charge is 0.389 e. The first-order valence-electron chi connectivity index (χ1n) is 8.81. The first-order chi connectivity index (χ1) is 12.5. The highest BCUT2D eigenvalue weighted by atomic mass is 35.5. The molecule has 138 valence electrons. The van der Waals surface area contributed by atoms with E-state index < -0.39 is 6.10 Å². The number of hydrogen-bond acceptors (Lipinski definition) is 5. The SMILES string of the molecule is C[C@H](O)c1ccc(CNC(=O)C2CCN(c3ccc(Cl)nn3)CC2)cc1. The molecular weight excluding hydrogens is 352 g/mol. The van der Waals surface area contributed by atoms with Crippen LogP contribution in [0.4, 0.5) is 5.82 Å². The van der Waals surface area contributed by atoms with Crippen molar-refractivity contribution >= 4 is 23.3 Å². The third-order valence-electron chi connectivity index (χ3n) is 4.74. The molecule has 0 bridgehead atoms. The summed E-state index contributed by atoms with van der Waals surface area (Å²) in [5.74, 6) is 0.904. The van der Waals surface area contributed by atoms with Gasteiger partial charge in [0.25, 0.3) is 0 Å². The maximum Gasteiger partial charge on any atom is 0.223 e. The molecule has 1 aromatic heterocycles. The molecule has 0 unspecified atom stereocenters. The number of anilines is 1. The number of aliphatic hydroxyl groups excluding tert-OH is 1. The fourth-order valence-corrected chi connectivity index (χ4v) is 3.20. The van der Waals surface area contributed by atoms with Crippen LogP contribution in [0.3, 0.4) is 0 Å². The summed E-state index contributed by atoms with van der Waals surface area (Å²) in [6, 6.07) is 11.2. The van der Waals surface area contributed by atoms with Gasteiger partial charge in [-0.05, 0) is 43.0 Å². The number of carbonyl (C=O) groups is 1. The van der Waals surface area contributed by atoms with Crippen molar-refractivity contribution in [3.8, 4) is 0 Å². The molecular formula is C19H23ClN4O2. The van der Waals surface area contributed by atoms with Gasteiger partial charge in [-0.2, -0.15) is 0 Å². The zero-order chi connectivity index (χ0) is 18.5. The number of halogens is 1. The minimum absolute atomic E-state index is 0.0169. The van der Waals surface area contributed by atoms with Crippen LogP contribution in [-0.4, -0.2) is 34.3 Å². The third kappa shape index (κ3) is 4.71. The Bertz CT molecular complexity index is 726. The second-order valence-electron chi connectivity index (χ2n) is 6.61. The van der Waals surface area contributed by atoms with Gasteiger partial charge in [-0.15, -0.1) is 10.2 Å². The predicted octanol–water partition coefficient (Wildman–Crippen LogP) is 2.72. The molecule has 0 saturated carbocycles. The highest BCUT2D eigenvalue weighted by Crippen LogP contribution is 2.22. The van der Waals surface area contributed by atoms with Gasteiger partial charge in [0.15, 0.2) is 11.0 Å². The van der Waals surface area contributed by atoms with Crippen LogP contribution in [0.1, 0.15) is 37.0 Å². The fraction of sp³-hybridized carbons (Fsp3) is 0.421. The molecule has 1 atom stereocenters. The third-order valence-corrected chi connectivity index (χ3v) is 4.94. The highest BCUT2D eigenvalue weighted by Gasteiger charge is 2.25. The van der Waals surface area contributed by atoms with E-state index >= 15 is 0 Å². The van der Waals surface area contributed by atoms with E-state index in [0.29, 0.717) is 11.7 Å². The van der Waals surface area contributed by atoms with Crippen molar-refractivity contribution in [3.05, 3.63) is 52.7 Å². The number of piperidine rings is 1. The molecule has 2 N–H and O–H groups in total. The minimum atomic E-state index is -0.478. The maximum atomic E-state index is 12.4. The van der Waals surface area contributed by atoms with E-state index in [9.17, 15) is 9.90 Å². The summed E-state index contributed by atoms with van der Waals surface area (Å²) in [5, 5.41) is 20.9. The van der Waals surface area contributed by atoms with Crippen LogP contribution in [0, 0.1) is 5.92 Å². The van der Waals surface area contributed by atoms with Crippen molar-refractivity contribution in [2.45, 2.75) is 32.4 Å². The predicted molar refractivity (Wildman–Crippen MR) is 101 cm³/mol. The molecule has 3 rings (SSSR count). The molecule has 2 heterocycles. The lowest BCUT2D eigenvalue weighted by Crippen LogP contribution is -2.40. The number of nitrogens with one attached hydrogen (secondary N) is 1. The summed E-state index contributed by atoms with van der Waals surface area (Å²) >= 11 is 5.77. The Hall–Kier alpha value is -2.18. The molecule has 1 saturated heterocycles.